The number of carbonyl (C=O) groups is 1. The maximum absolute atomic E-state index is 10.6. The number of ether oxygens (including phenoxy) is 2. The molecule has 4 nitrogen and oxygen atoms in total. The number of fused-ring (bicyclic) bond motifs is 2. The highest BCUT2D eigenvalue weighted by Gasteiger charge is 2.47. The van der Waals surface area contributed by atoms with Gasteiger partial charge in [0.2, 0.25) is 0 Å². The van der Waals surface area contributed by atoms with E-state index < -0.39 is 5.97 Å². The highest BCUT2D eigenvalue weighted by molar-refractivity contribution is 5.66. The molecule has 1 N–H and O–H groups in total. The summed E-state index contributed by atoms with van der Waals surface area (Å²) in [7, 11) is 0. The van der Waals surface area contributed by atoms with Crippen LogP contribution < -0.4 is 0 Å². The van der Waals surface area contributed by atoms with Crippen LogP contribution in [-0.2, 0) is 14.3 Å². The highest BCUT2D eigenvalue weighted by Crippen LogP contribution is 2.46. The van der Waals surface area contributed by atoms with Crippen molar-refractivity contribution >= 4 is 5.97 Å². The number of carboxylic acids is 1. The van der Waals surface area contributed by atoms with E-state index in [1.54, 1.807) is 0 Å². The van der Waals surface area contributed by atoms with Crippen molar-refractivity contribution in [1.82, 2.24) is 0 Å². The molecule has 2 saturated heterocycles. The smallest absolute Gasteiger partial charge is 0.303 e. The highest BCUT2D eigenvalue weighted by atomic mass is 16.5. The van der Waals surface area contributed by atoms with E-state index in [0.717, 1.165) is 57.7 Å². The van der Waals surface area contributed by atoms with E-state index in [9.17, 15) is 4.79 Å². The van der Waals surface area contributed by atoms with Gasteiger partial charge in [-0.3, -0.25) is 4.79 Å². The van der Waals surface area contributed by atoms with Crippen molar-refractivity contribution in [3.05, 3.63) is 12.2 Å². The van der Waals surface area contributed by atoms with Crippen LogP contribution in [0.1, 0.15) is 96.8 Å². The fourth-order valence-corrected chi connectivity index (χ4v) is 5.36. The van der Waals surface area contributed by atoms with Gasteiger partial charge in [0.25, 0.3) is 0 Å². The molecule has 2 heterocycles. The Bertz CT molecular complexity index is 642. The molecule has 1 saturated carbocycles. The van der Waals surface area contributed by atoms with Crippen LogP contribution in [0.25, 0.3) is 0 Å². The van der Waals surface area contributed by atoms with Crippen molar-refractivity contribution in [2.75, 3.05) is 13.2 Å². The van der Waals surface area contributed by atoms with E-state index in [1.165, 1.54) is 44.9 Å². The van der Waals surface area contributed by atoms with Crippen LogP contribution in [0, 0.1) is 35.5 Å². The molecule has 180 valence electrons. The summed E-state index contributed by atoms with van der Waals surface area (Å²) in [5, 5.41) is 8.72. The first-order chi connectivity index (χ1) is 15.6. The third-order valence-corrected chi connectivity index (χ3v) is 7.41. The van der Waals surface area contributed by atoms with E-state index in [0.29, 0.717) is 30.0 Å². The molecule has 0 aromatic carbocycles. The number of hydrogen-bond donors (Lipinski definition) is 1. The molecule has 3 aliphatic rings. The lowest BCUT2D eigenvalue weighted by Crippen LogP contribution is -2.28. The molecule has 1 aliphatic carbocycles. The SMILES string of the molecule is CC(C#CCCCOCC[C@@H]1[C@@H](CC=CCCCC(=O)O)[C@H]2CC[C@@H]1O2)CCCC1CC1. The normalized spacial score (nSPS) is 27.5. The fraction of sp³-hybridized carbons (Fsp3) is 0.821. The maximum atomic E-state index is 10.6. The minimum absolute atomic E-state index is 0.256. The van der Waals surface area contributed by atoms with E-state index >= 15 is 0 Å². The van der Waals surface area contributed by atoms with Crippen molar-refractivity contribution < 1.29 is 19.4 Å². The third kappa shape index (κ3) is 9.28. The van der Waals surface area contributed by atoms with Gasteiger partial charge in [0, 0.05) is 32.0 Å². The quantitative estimate of drug-likeness (QED) is 0.170. The van der Waals surface area contributed by atoms with Gasteiger partial charge in [-0.05, 0) is 69.1 Å². The molecule has 5 atom stereocenters. The van der Waals surface area contributed by atoms with Gasteiger partial charge < -0.3 is 14.6 Å². The van der Waals surface area contributed by atoms with Gasteiger partial charge in [0.1, 0.15) is 0 Å². The molecule has 0 aromatic heterocycles. The average molecular weight is 445 g/mol. The van der Waals surface area contributed by atoms with Crippen LogP contribution in [0.2, 0.25) is 0 Å². The van der Waals surface area contributed by atoms with Crippen LogP contribution in [0.5, 0.6) is 0 Å². The standard InChI is InChI=1S/C28H44O4/c1-22(11-9-12-23-15-16-23)10-5-4-8-20-31-21-19-25-24(26-17-18-27(25)32-26)13-6-2-3-7-14-28(29)30/h2,6,22-27H,3-4,7-9,11-21H2,1H3,(H,29,30)/t22?,24-,25-,26-,27+/m1/s1. The van der Waals surface area contributed by atoms with Crippen molar-refractivity contribution in [3.8, 4) is 11.8 Å². The minimum Gasteiger partial charge on any atom is -0.481 e. The number of rotatable bonds is 16. The van der Waals surface area contributed by atoms with E-state index in [1.807, 2.05) is 0 Å². The first-order valence-electron chi connectivity index (χ1n) is 13.2. The zero-order chi connectivity index (χ0) is 22.6. The summed E-state index contributed by atoms with van der Waals surface area (Å²) in [6, 6.07) is 0. The molecule has 32 heavy (non-hydrogen) atoms. The van der Waals surface area contributed by atoms with Gasteiger partial charge in [-0.2, -0.15) is 0 Å². The van der Waals surface area contributed by atoms with Gasteiger partial charge in [-0.25, -0.2) is 0 Å². The van der Waals surface area contributed by atoms with Gasteiger partial charge in [-0.1, -0.05) is 44.8 Å². The lowest BCUT2D eigenvalue weighted by Gasteiger charge is -2.27. The summed E-state index contributed by atoms with van der Waals surface area (Å²) in [4.78, 5) is 10.6. The Balaban J connectivity index is 1.22. The monoisotopic (exact) mass is 444 g/mol. The first kappa shape index (κ1) is 25.3. The molecule has 0 amide bonds. The summed E-state index contributed by atoms with van der Waals surface area (Å²) in [6.07, 6.45) is 20.5. The Morgan fingerprint density at radius 1 is 1.06 bits per heavy atom. The Morgan fingerprint density at radius 2 is 1.88 bits per heavy atom. The van der Waals surface area contributed by atoms with Gasteiger partial charge >= 0.3 is 5.97 Å². The average Bonchev–Trinajstić information content (AvgIpc) is 3.37. The third-order valence-electron chi connectivity index (χ3n) is 7.41. The molecule has 3 fully saturated rings. The molecule has 1 unspecified atom stereocenters. The van der Waals surface area contributed by atoms with E-state index in [2.05, 4.69) is 30.9 Å². The zero-order valence-electron chi connectivity index (χ0n) is 20.1. The number of carboxylic acid groups (broad SMARTS) is 1. The van der Waals surface area contributed by atoms with Crippen LogP contribution in [0.3, 0.4) is 0 Å². The topological polar surface area (TPSA) is 55.8 Å². The number of unbranched alkanes of at least 4 members (excludes halogenated alkanes) is 2. The second kappa shape index (κ2) is 14.1. The predicted molar refractivity (Wildman–Crippen MR) is 128 cm³/mol. The maximum Gasteiger partial charge on any atom is 0.303 e. The van der Waals surface area contributed by atoms with Crippen LogP contribution in [-0.4, -0.2) is 36.5 Å². The van der Waals surface area contributed by atoms with Gasteiger partial charge in [0.05, 0.1) is 12.2 Å². The van der Waals surface area contributed by atoms with Crippen LogP contribution in [0.4, 0.5) is 0 Å². The molecule has 4 heteroatoms. The Morgan fingerprint density at radius 3 is 2.66 bits per heavy atom. The van der Waals surface area contributed by atoms with Crippen molar-refractivity contribution in [3.63, 3.8) is 0 Å². The Labute approximate surface area is 195 Å². The lowest BCUT2D eigenvalue weighted by molar-refractivity contribution is -0.137. The summed E-state index contributed by atoms with van der Waals surface area (Å²) in [6.45, 7) is 3.89. The Hall–Kier alpha value is -1.31. The van der Waals surface area contributed by atoms with Crippen molar-refractivity contribution in [2.24, 2.45) is 23.7 Å². The Kier molecular flexibility index (Phi) is 11.1. The molecule has 2 aliphatic heterocycles. The van der Waals surface area contributed by atoms with Gasteiger partial charge in [-0.15, -0.1) is 11.8 Å². The molecule has 0 aromatic rings. The predicted octanol–water partition coefficient (Wildman–Crippen LogP) is 6.39. The van der Waals surface area contributed by atoms with E-state index in [-0.39, 0.29) is 6.42 Å². The van der Waals surface area contributed by atoms with E-state index in [4.69, 9.17) is 14.6 Å². The molecular formula is C28H44O4. The van der Waals surface area contributed by atoms with Crippen molar-refractivity contribution in [2.45, 2.75) is 109 Å². The summed E-state index contributed by atoms with van der Waals surface area (Å²) in [5.41, 5.74) is 0. The number of aliphatic carboxylic acids is 1. The second-order valence-electron chi connectivity index (χ2n) is 10.2. The minimum atomic E-state index is -0.708. The lowest BCUT2D eigenvalue weighted by atomic mass is 9.76. The second-order valence-corrected chi connectivity index (χ2v) is 10.2. The van der Waals surface area contributed by atoms with Crippen LogP contribution in [0.15, 0.2) is 12.2 Å². The van der Waals surface area contributed by atoms with Crippen LogP contribution >= 0.6 is 0 Å². The first-order valence-corrected chi connectivity index (χ1v) is 13.2. The fourth-order valence-electron chi connectivity index (χ4n) is 5.36. The number of allylic oxidation sites excluding steroid dienone is 2. The largest absolute Gasteiger partial charge is 0.481 e. The molecule has 0 radical (unpaired) electrons. The summed E-state index contributed by atoms with van der Waals surface area (Å²) >= 11 is 0. The van der Waals surface area contributed by atoms with Crippen molar-refractivity contribution in [1.29, 1.82) is 0 Å². The molecular weight excluding hydrogens is 400 g/mol. The number of hydrogen-bond acceptors (Lipinski definition) is 3. The summed E-state index contributed by atoms with van der Waals surface area (Å²) < 4.78 is 12.1. The molecule has 2 bridgehead atoms. The summed E-state index contributed by atoms with van der Waals surface area (Å²) in [5.74, 6) is 8.85. The molecule has 3 rings (SSSR count). The molecule has 0 spiro atoms. The zero-order valence-corrected chi connectivity index (χ0v) is 20.1. The van der Waals surface area contributed by atoms with Gasteiger partial charge in [0.15, 0.2) is 0 Å².